The molecule has 0 aliphatic carbocycles. The number of furan rings is 1. The predicted octanol–water partition coefficient (Wildman–Crippen LogP) is 3.04. The van der Waals surface area contributed by atoms with Gasteiger partial charge in [0.2, 0.25) is 0 Å². The van der Waals surface area contributed by atoms with Crippen LogP contribution < -0.4 is 5.73 Å². The first kappa shape index (κ1) is 8.50. The fourth-order valence-electron chi connectivity index (χ4n) is 1.97. The molecule has 2 heteroatoms. The third-order valence-electron chi connectivity index (χ3n) is 2.76. The summed E-state index contributed by atoms with van der Waals surface area (Å²) in [5.41, 5.74) is 7.65. The van der Waals surface area contributed by atoms with E-state index in [1.54, 1.807) is 6.26 Å². The zero-order valence-electron chi connectivity index (χ0n) is 8.23. The van der Waals surface area contributed by atoms with Crippen LogP contribution in [0.15, 0.2) is 47.1 Å². The second kappa shape index (κ2) is 3.11. The SMILES string of the molecule is NCc1coc2c1ccc1ccccc12. The Morgan fingerprint density at radius 3 is 2.73 bits per heavy atom. The third kappa shape index (κ3) is 1.15. The molecule has 0 spiro atoms. The molecule has 0 fully saturated rings. The average Bonchev–Trinajstić information content (AvgIpc) is 2.72. The molecule has 2 N–H and O–H groups in total. The summed E-state index contributed by atoms with van der Waals surface area (Å²) in [7, 11) is 0. The number of benzene rings is 2. The van der Waals surface area contributed by atoms with E-state index in [2.05, 4.69) is 24.3 Å². The molecule has 0 aliphatic rings. The van der Waals surface area contributed by atoms with E-state index in [0.717, 1.165) is 21.9 Å². The Morgan fingerprint density at radius 1 is 1.00 bits per heavy atom. The van der Waals surface area contributed by atoms with Crippen LogP contribution in [0.5, 0.6) is 0 Å². The number of rotatable bonds is 1. The quantitative estimate of drug-likeness (QED) is 0.651. The molecule has 2 aromatic carbocycles. The summed E-state index contributed by atoms with van der Waals surface area (Å²) < 4.78 is 5.57. The Labute approximate surface area is 87.3 Å². The third-order valence-corrected chi connectivity index (χ3v) is 2.76. The fourth-order valence-corrected chi connectivity index (χ4v) is 1.97. The van der Waals surface area contributed by atoms with Crippen molar-refractivity contribution in [2.75, 3.05) is 0 Å². The van der Waals surface area contributed by atoms with Crippen LogP contribution in [-0.4, -0.2) is 0 Å². The van der Waals surface area contributed by atoms with E-state index in [0.29, 0.717) is 6.54 Å². The normalized spacial score (nSPS) is 11.3. The van der Waals surface area contributed by atoms with Gasteiger partial charge in [-0.1, -0.05) is 36.4 Å². The van der Waals surface area contributed by atoms with Crippen molar-refractivity contribution in [2.24, 2.45) is 5.73 Å². The van der Waals surface area contributed by atoms with Crippen molar-refractivity contribution in [1.29, 1.82) is 0 Å². The minimum atomic E-state index is 0.519. The lowest BCUT2D eigenvalue weighted by molar-refractivity contribution is 0.614. The van der Waals surface area contributed by atoms with Crippen molar-refractivity contribution in [1.82, 2.24) is 0 Å². The van der Waals surface area contributed by atoms with Crippen molar-refractivity contribution in [3.05, 3.63) is 48.2 Å². The smallest absolute Gasteiger partial charge is 0.142 e. The van der Waals surface area contributed by atoms with E-state index >= 15 is 0 Å². The van der Waals surface area contributed by atoms with Gasteiger partial charge < -0.3 is 10.2 Å². The first-order valence-electron chi connectivity index (χ1n) is 4.98. The second-order valence-electron chi connectivity index (χ2n) is 3.63. The molecule has 2 nitrogen and oxygen atoms in total. The molecule has 0 unspecified atom stereocenters. The zero-order valence-corrected chi connectivity index (χ0v) is 8.23. The Kier molecular flexibility index (Phi) is 1.76. The van der Waals surface area contributed by atoms with Crippen LogP contribution in [0.2, 0.25) is 0 Å². The molecule has 1 heterocycles. The lowest BCUT2D eigenvalue weighted by atomic mass is 10.1. The number of hydrogen-bond acceptors (Lipinski definition) is 2. The molecular weight excluding hydrogens is 186 g/mol. The van der Waals surface area contributed by atoms with Crippen LogP contribution in [0, 0.1) is 0 Å². The van der Waals surface area contributed by atoms with Crippen molar-refractivity contribution < 1.29 is 4.42 Å². The van der Waals surface area contributed by atoms with Crippen molar-refractivity contribution in [3.63, 3.8) is 0 Å². The van der Waals surface area contributed by atoms with Crippen LogP contribution in [0.4, 0.5) is 0 Å². The lowest BCUT2D eigenvalue weighted by Gasteiger charge is -1.98. The van der Waals surface area contributed by atoms with Gasteiger partial charge in [-0.15, -0.1) is 0 Å². The van der Waals surface area contributed by atoms with E-state index < -0.39 is 0 Å². The molecule has 3 aromatic rings. The first-order valence-corrected chi connectivity index (χ1v) is 4.98. The highest BCUT2D eigenvalue weighted by Gasteiger charge is 2.07. The molecule has 15 heavy (non-hydrogen) atoms. The van der Waals surface area contributed by atoms with Gasteiger partial charge in [-0.05, 0) is 5.39 Å². The van der Waals surface area contributed by atoms with Gasteiger partial charge in [0.25, 0.3) is 0 Å². The summed E-state index contributed by atoms with van der Waals surface area (Å²) in [4.78, 5) is 0. The van der Waals surface area contributed by atoms with Gasteiger partial charge in [0.15, 0.2) is 0 Å². The van der Waals surface area contributed by atoms with Gasteiger partial charge in [0, 0.05) is 22.9 Å². The van der Waals surface area contributed by atoms with E-state index in [4.69, 9.17) is 10.2 Å². The molecule has 74 valence electrons. The topological polar surface area (TPSA) is 39.2 Å². The van der Waals surface area contributed by atoms with Gasteiger partial charge >= 0.3 is 0 Å². The van der Waals surface area contributed by atoms with Crippen molar-refractivity contribution in [2.45, 2.75) is 6.54 Å². The van der Waals surface area contributed by atoms with Crippen LogP contribution >= 0.6 is 0 Å². The zero-order chi connectivity index (χ0) is 10.3. The highest BCUT2D eigenvalue weighted by atomic mass is 16.3. The van der Waals surface area contributed by atoms with E-state index in [-0.39, 0.29) is 0 Å². The maximum atomic E-state index is 5.64. The van der Waals surface area contributed by atoms with Gasteiger partial charge in [-0.2, -0.15) is 0 Å². The highest BCUT2D eigenvalue weighted by molar-refractivity contribution is 6.05. The maximum absolute atomic E-state index is 5.64. The van der Waals surface area contributed by atoms with Crippen LogP contribution in [0.3, 0.4) is 0 Å². The summed E-state index contributed by atoms with van der Waals surface area (Å²) in [5.74, 6) is 0. The van der Waals surface area contributed by atoms with Crippen molar-refractivity contribution in [3.8, 4) is 0 Å². The molecule has 3 rings (SSSR count). The Balaban J connectivity index is 2.50. The monoisotopic (exact) mass is 197 g/mol. The predicted molar refractivity (Wildman–Crippen MR) is 61.6 cm³/mol. The van der Waals surface area contributed by atoms with Crippen molar-refractivity contribution >= 4 is 21.7 Å². The van der Waals surface area contributed by atoms with E-state index in [1.807, 2.05) is 12.1 Å². The first-order chi connectivity index (χ1) is 7.40. The summed E-state index contributed by atoms with van der Waals surface area (Å²) in [5, 5.41) is 3.47. The molecule has 0 radical (unpaired) electrons. The summed E-state index contributed by atoms with van der Waals surface area (Å²) in [6.07, 6.45) is 1.75. The Bertz CT molecular complexity index is 625. The lowest BCUT2D eigenvalue weighted by Crippen LogP contribution is -1.93. The molecular formula is C13H11NO. The molecule has 0 amide bonds. The molecule has 0 bridgehead atoms. The summed E-state index contributed by atoms with van der Waals surface area (Å²) in [6, 6.07) is 12.4. The molecule has 0 saturated carbocycles. The Hall–Kier alpha value is -1.80. The van der Waals surface area contributed by atoms with E-state index in [9.17, 15) is 0 Å². The minimum absolute atomic E-state index is 0.519. The number of hydrogen-bond donors (Lipinski definition) is 1. The van der Waals surface area contributed by atoms with Gasteiger partial charge in [-0.3, -0.25) is 0 Å². The molecule has 0 saturated heterocycles. The summed E-state index contributed by atoms with van der Waals surface area (Å²) in [6.45, 7) is 0.519. The standard InChI is InChI=1S/C13H11NO/c14-7-10-8-15-13-11-4-2-1-3-9(11)5-6-12(10)13/h1-6,8H,7,14H2. The minimum Gasteiger partial charge on any atom is -0.463 e. The number of fused-ring (bicyclic) bond motifs is 3. The van der Waals surface area contributed by atoms with Gasteiger partial charge in [0.05, 0.1) is 6.26 Å². The Morgan fingerprint density at radius 2 is 1.87 bits per heavy atom. The van der Waals surface area contributed by atoms with Gasteiger partial charge in [-0.25, -0.2) is 0 Å². The highest BCUT2D eigenvalue weighted by Crippen LogP contribution is 2.28. The molecule has 0 atom stereocenters. The molecule has 1 aromatic heterocycles. The maximum Gasteiger partial charge on any atom is 0.142 e. The largest absolute Gasteiger partial charge is 0.463 e. The average molecular weight is 197 g/mol. The van der Waals surface area contributed by atoms with Gasteiger partial charge in [0.1, 0.15) is 5.58 Å². The number of nitrogens with two attached hydrogens (primary N) is 1. The van der Waals surface area contributed by atoms with Crippen LogP contribution in [0.1, 0.15) is 5.56 Å². The second-order valence-corrected chi connectivity index (χ2v) is 3.63. The van der Waals surface area contributed by atoms with Crippen LogP contribution in [0.25, 0.3) is 21.7 Å². The fraction of sp³-hybridized carbons (Fsp3) is 0.0769. The van der Waals surface area contributed by atoms with E-state index in [1.165, 1.54) is 5.39 Å². The van der Waals surface area contributed by atoms with Crippen LogP contribution in [-0.2, 0) is 6.54 Å². The molecule has 0 aliphatic heterocycles. The summed E-state index contributed by atoms with van der Waals surface area (Å²) >= 11 is 0.